The minimum atomic E-state index is 0.00333. The third-order valence-corrected chi connectivity index (χ3v) is 5.04. The van der Waals surface area contributed by atoms with Gasteiger partial charge in [-0.15, -0.1) is 0 Å². The monoisotopic (exact) mass is 408 g/mol. The van der Waals surface area contributed by atoms with Crippen LogP contribution in [0.5, 0.6) is 23.0 Å². The maximum absolute atomic E-state index is 9.88. The van der Waals surface area contributed by atoms with Gasteiger partial charge in [0.25, 0.3) is 0 Å². The Morgan fingerprint density at radius 1 is 0.769 bits per heavy atom. The van der Waals surface area contributed by atoms with Crippen molar-refractivity contribution in [2.45, 2.75) is 6.42 Å². The van der Waals surface area contributed by atoms with Crippen LogP contribution >= 0.6 is 34.8 Å². The summed E-state index contributed by atoms with van der Waals surface area (Å²) in [6, 6.07) is 17.8. The van der Waals surface area contributed by atoms with Crippen LogP contribution in [0, 0.1) is 0 Å². The first-order valence-corrected chi connectivity index (χ1v) is 8.99. The number of rotatable bonds is 6. The topological polar surface area (TPSA) is 38.7 Å². The molecule has 0 aliphatic carbocycles. The Morgan fingerprint density at radius 3 is 2.19 bits per heavy atom. The van der Waals surface area contributed by atoms with Crippen molar-refractivity contribution in [2.75, 3.05) is 6.61 Å². The fourth-order valence-electron chi connectivity index (χ4n) is 2.34. The van der Waals surface area contributed by atoms with E-state index in [9.17, 15) is 5.11 Å². The molecular formula is C20H15Cl3O3. The molecule has 1 N–H and O–H groups in total. The van der Waals surface area contributed by atoms with Gasteiger partial charge in [0, 0.05) is 6.42 Å². The number of benzene rings is 3. The summed E-state index contributed by atoms with van der Waals surface area (Å²) in [6.07, 6.45) is 0.516. The zero-order valence-corrected chi connectivity index (χ0v) is 15.9. The smallest absolute Gasteiger partial charge is 0.169 e. The molecule has 3 aromatic carbocycles. The first-order valence-electron chi connectivity index (χ1n) is 7.86. The molecule has 0 saturated heterocycles. The third kappa shape index (κ3) is 4.36. The van der Waals surface area contributed by atoms with E-state index in [0.29, 0.717) is 23.8 Å². The second kappa shape index (κ2) is 8.54. The highest BCUT2D eigenvalue weighted by Crippen LogP contribution is 2.43. The SMILES string of the molecule is Oc1ccccc1Oc1cc(CCOc2ccccc2)c(Cl)c(Cl)c1Cl. The molecule has 0 aliphatic rings. The summed E-state index contributed by atoms with van der Waals surface area (Å²) in [5.41, 5.74) is 0.738. The summed E-state index contributed by atoms with van der Waals surface area (Å²) in [5, 5.41) is 10.6. The number of hydrogen-bond donors (Lipinski definition) is 1. The molecule has 0 fully saturated rings. The van der Waals surface area contributed by atoms with Crippen LogP contribution in [0.15, 0.2) is 60.7 Å². The van der Waals surface area contributed by atoms with E-state index in [0.717, 1.165) is 11.3 Å². The second-order valence-corrected chi connectivity index (χ2v) is 6.59. The summed E-state index contributed by atoms with van der Waals surface area (Å²) < 4.78 is 11.4. The van der Waals surface area contributed by atoms with E-state index in [4.69, 9.17) is 44.3 Å². The van der Waals surface area contributed by atoms with Gasteiger partial charge in [-0.25, -0.2) is 0 Å². The van der Waals surface area contributed by atoms with Crippen LogP contribution < -0.4 is 9.47 Å². The standard InChI is InChI=1S/C20H15Cl3O3/c21-18-13(10-11-25-14-6-2-1-3-7-14)12-17(19(22)20(18)23)26-16-9-5-4-8-15(16)24/h1-9,12,24H,10-11H2. The maximum atomic E-state index is 9.88. The van der Waals surface area contributed by atoms with Gasteiger partial charge in [0.15, 0.2) is 11.5 Å². The van der Waals surface area contributed by atoms with Crippen molar-refractivity contribution in [2.24, 2.45) is 0 Å². The number of ether oxygens (including phenoxy) is 2. The molecule has 3 aromatic rings. The van der Waals surface area contributed by atoms with Crippen LogP contribution in [0.25, 0.3) is 0 Å². The third-order valence-electron chi connectivity index (χ3n) is 3.66. The number of aromatic hydroxyl groups is 1. The van der Waals surface area contributed by atoms with Crippen LogP contribution in [0.3, 0.4) is 0 Å². The first kappa shape index (κ1) is 18.7. The average molecular weight is 410 g/mol. The zero-order valence-electron chi connectivity index (χ0n) is 13.6. The Kier molecular flexibility index (Phi) is 6.15. The van der Waals surface area contributed by atoms with Crippen LogP contribution in [0.2, 0.25) is 15.1 Å². The van der Waals surface area contributed by atoms with Gasteiger partial charge in [-0.05, 0) is 35.9 Å². The van der Waals surface area contributed by atoms with Crippen LogP contribution in [-0.4, -0.2) is 11.7 Å². The number of para-hydroxylation sites is 3. The molecule has 0 unspecified atom stereocenters. The molecule has 0 spiro atoms. The molecule has 3 rings (SSSR count). The number of hydrogen-bond acceptors (Lipinski definition) is 3. The average Bonchev–Trinajstić information content (AvgIpc) is 2.66. The van der Waals surface area contributed by atoms with Gasteiger partial charge < -0.3 is 14.6 Å². The van der Waals surface area contributed by atoms with Crippen molar-refractivity contribution in [1.82, 2.24) is 0 Å². The Bertz CT molecular complexity index is 898. The van der Waals surface area contributed by atoms with Gasteiger partial charge >= 0.3 is 0 Å². The largest absolute Gasteiger partial charge is 0.504 e. The van der Waals surface area contributed by atoms with Crippen molar-refractivity contribution in [3.8, 4) is 23.0 Å². The molecule has 0 aromatic heterocycles. The lowest BCUT2D eigenvalue weighted by Gasteiger charge is -2.14. The summed E-state index contributed by atoms with van der Waals surface area (Å²) in [7, 11) is 0. The molecule has 0 amide bonds. The highest BCUT2D eigenvalue weighted by Gasteiger charge is 2.17. The predicted molar refractivity (Wildman–Crippen MR) is 105 cm³/mol. The number of halogens is 3. The fourth-order valence-corrected chi connectivity index (χ4v) is 3.04. The van der Waals surface area contributed by atoms with Gasteiger partial charge in [-0.1, -0.05) is 65.1 Å². The lowest BCUT2D eigenvalue weighted by Crippen LogP contribution is -2.02. The normalized spacial score (nSPS) is 10.6. The molecule has 3 nitrogen and oxygen atoms in total. The number of phenolic OH excluding ortho intramolecular Hbond substituents is 1. The summed E-state index contributed by atoms with van der Waals surface area (Å²) in [6.45, 7) is 0.414. The summed E-state index contributed by atoms with van der Waals surface area (Å²) >= 11 is 18.8. The van der Waals surface area contributed by atoms with Gasteiger partial charge in [0.2, 0.25) is 0 Å². The van der Waals surface area contributed by atoms with Crippen molar-refractivity contribution < 1.29 is 14.6 Å². The molecule has 0 aliphatic heterocycles. The first-order chi connectivity index (χ1) is 12.6. The highest BCUT2D eigenvalue weighted by atomic mass is 35.5. The molecule has 134 valence electrons. The molecule has 0 atom stereocenters. The second-order valence-electron chi connectivity index (χ2n) is 5.46. The van der Waals surface area contributed by atoms with E-state index in [1.54, 1.807) is 24.3 Å². The molecule has 0 bridgehead atoms. The van der Waals surface area contributed by atoms with Crippen LogP contribution in [-0.2, 0) is 6.42 Å². The van der Waals surface area contributed by atoms with Crippen LogP contribution in [0.1, 0.15) is 5.56 Å². The summed E-state index contributed by atoms with van der Waals surface area (Å²) in [4.78, 5) is 0. The van der Waals surface area contributed by atoms with E-state index < -0.39 is 0 Å². The van der Waals surface area contributed by atoms with Crippen molar-refractivity contribution >= 4 is 34.8 Å². The number of phenols is 1. The molecular weight excluding hydrogens is 395 g/mol. The van der Waals surface area contributed by atoms with Crippen LogP contribution in [0.4, 0.5) is 0 Å². The van der Waals surface area contributed by atoms with Crippen molar-refractivity contribution in [3.63, 3.8) is 0 Å². The van der Waals surface area contributed by atoms with Gasteiger partial charge in [0.1, 0.15) is 16.5 Å². The fraction of sp³-hybridized carbons (Fsp3) is 0.100. The summed E-state index contributed by atoms with van der Waals surface area (Å²) in [5.74, 6) is 1.37. The predicted octanol–water partition coefficient (Wildman–Crippen LogP) is 6.77. The molecule has 0 saturated carbocycles. The molecule has 0 heterocycles. The quantitative estimate of drug-likeness (QED) is 0.457. The minimum Gasteiger partial charge on any atom is -0.504 e. The Labute approximate surface area is 166 Å². The lowest BCUT2D eigenvalue weighted by atomic mass is 10.1. The van der Waals surface area contributed by atoms with Crippen molar-refractivity contribution in [1.29, 1.82) is 0 Å². The van der Waals surface area contributed by atoms with E-state index in [-0.39, 0.29) is 21.5 Å². The maximum Gasteiger partial charge on any atom is 0.169 e. The van der Waals surface area contributed by atoms with E-state index in [2.05, 4.69) is 0 Å². The molecule has 26 heavy (non-hydrogen) atoms. The van der Waals surface area contributed by atoms with Crippen molar-refractivity contribution in [3.05, 3.63) is 81.3 Å². The molecule has 6 heteroatoms. The van der Waals surface area contributed by atoms with Gasteiger partial charge in [-0.2, -0.15) is 0 Å². The highest BCUT2D eigenvalue weighted by molar-refractivity contribution is 6.49. The van der Waals surface area contributed by atoms with E-state index in [1.807, 2.05) is 30.3 Å². The van der Waals surface area contributed by atoms with E-state index >= 15 is 0 Å². The minimum absolute atomic E-state index is 0.00333. The Morgan fingerprint density at radius 2 is 1.46 bits per heavy atom. The molecule has 0 radical (unpaired) electrons. The zero-order chi connectivity index (χ0) is 18.5. The van der Waals surface area contributed by atoms with Gasteiger partial charge in [0.05, 0.1) is 16.7 Å². The van der Waals surface area contributed by atoms with Gasteiger partial charge in [-0.3, -0.25) is 0 Å². The lowest BCUT2D eigenvalue weighted by molar-refractivity contribution is 0.322. The van der Waals surface area contributed by atoms with E-state index in [1.165, 1.54) is 6.07 Å². The Hall–Kier alpha value is -2.07. The Balaban J connectivity index is 1.79.